The Bertz CT molecular complexity index is 766. The van der Waals surface area contributed by atoms with E-state index in [2.05, 4.69) is 4.90 Å². The number of ether oxygens (including phenoxy) is 1. The second-order valence-electron chi connectivity index (χ2n) is 7.41. The van der Waals surface area contributed by atoms with E-state index in [1.807, 2.05) is 26.0 Å². The molecule has 0 saturated carbocycles. The van der Waals surface area contributed by atoms with Crippen LogP contribution in [0.1, 0.15) is 43.5 Å². The van der Waals surface area contributed by atoms with Crippen LogP contribution in [0.3, 0.4) is 0 Å². The van der Waals surface area contributed by atoms with Gasteiger partial charge in [-0.1, -0.05) is 6.42 Å². The molecule has 2 unspecified atom stereocenters. The zero-order chi connectivity index (χ0) is 19.6. The molecule has 0 spiro atoms. The van der Waals surface area contributed by atoms with Crippen molar-refractivity contribution >= 4 is 21.9 Å². The molecule has 2 saturated heterocycles. The number of rotatable bonds is 4. The van der Waals surface area contributed by atoms with Crippen LogP contribution in [0.25, 0.3) is 0 Å². The van der Waals surface area contributed by atoms with E-state index in [0.717, 1.165) is 24.9 Å². The average molecular weight is 396 g/mol. The molecule has 2 atom stereocenters. The Kier molecular flexibility index (Phi) is 6.08. The van der Waals surface area contributed by atoms with Crippen LogP contribution in [0.15, 0.2) is 24.3 Å². The Labute approximate surface area is 162 Å². The van der Waals surface area contributed by atoms with Crippen molar-refractivity contribution in [2.75, 3.05) is 38.2 Å². The Hall–Kier alpha value is -1.64. The summed E-state index contributed by atoms with van der Waals surface area (Å²) < 4.78 is 34.3. The van der Waals surface area contributed by atoms with Gasteiger partial charge in [0.05, 0.1) is 12.7 Å². The molecule has 150 valence electrons. The van der Waals surface area contributed by atoms with Gasteiger partial charge in [-0.15, -0.1) is 0 Å². The molecule has 0 aliphatic carbocycles. The first kappa shape index (κ1) is 20.1. The maximum absolute atomic E-state index is 13.1. The SMILES string of the molecule is COC(=O)c1ccc(N2CCN(S(=O)(=O)N3CCCCC3C)C(C)C2)cc1. The van der Waals surface area contributed by atoms with Crippen LogP contribution in [0, 0.1) is 0 Å². The maximum Gasteiger partial charge on any atom is 0.337 e. The van der Waals surface area contributed by atoms with Gasteiger partial charge < -0.3 is 9.64 Å². The second kappa shape index (κ2) is 8.16. The highest BCUT2D eigenvalue weighted by atomic mass is 32.2. The minimum Gasteiger partial charge on any atom is -0.465 e. The predicted octanol–water partition coefficient (Wildman–Crippen LogP) is 2.10. The standard InChI is InChI=1S/C19H29N3O4S/c1-15-6-4-5-11-21(15)27(24,25)22-13-12-20(14-16(22)2)18-9-7-17(8-10-18)19(23)26-3/h7-10,15-16H,4-6,11-14H2,1-3H3. The first-order chi connectivity index (χ1) is 12.8. The zero-order valence-electron chi connectivity index (χ0n) is 16.3. The van der Waals surface area contributed by atoms with Gasteiger partial charge in [0.1, 0.15) is 0 Å². The number of carbonyl (C=O) groups is 1. The summed E-state index contributed by atoms with van der Waals surface area (Å²) in [5, 5.41) is 0. The van der Waals surface area contributed by atoms with Gasteiger partial charge in [-0.25, -0.2) is 4.79 Å². The minimum atomic E-state index is -3.43. The third-order valence-corrected chi connectivity index (χ3v) is 7.83. The third-order valence-electron chi connectivity index (χ3n) is 5.55. The van der Waals surface area contributed by atoms with Crippen molar-refractivity contribution in [1.29, 1.82) is 0 Å². The van der Waals surface area contributed by atoms with Crippen LogP contribution in [-0.4, -0.2) is 68.4 Å². The number of piperazine rings is 1. The molecule has 0 N–H and O–H groups in total. The molecule has 3 rings (SSSR count). The number of carbonyl (C=O) groups excluding carboxylic acids is 1. The number of benzene rings is 1. The number of hydrogen-bond acceptors (Lipinski definition) is 5. The molecular formula is C19H29N3O4S. The number of anilines is 1. The highest BCUT2D eigenvalue weighted by Crippen LogP contribution is 2.27. The molecule has 2 aliphatic heterocycles. The molecule has 8 heteroatoms. The Morgan fingerprint density at radius 2 is 1.67 bits per heavy atom. The summed E-state index contributed by atoms with van der Waals surface area (Å²) in [6, 6.07) is 7.21. The molecule has 7 nitrogen and oxygen atoms in total. The Morgan fingerprint density at radius 3 is 2.26 bits per heavy atom. The Balaban J connectivity index is 1.69. The monoisotopic (exact) mass is 395 g/mol. The van der Waals surface area contributed by atoms with Crippen molar-refractivity contribution in [2.45, 2.75) is 45.2 Å². The fourth-order valence-corrected chi connectivity index (χ4v) is 6.02. The van der Waals surface area contributed by atoms with E-state index < -0.39 is 10.2 Å². The first-order valence-electron chi connectivity index (χ1n) is 9.56. The summed E-state index contributed by atoms with van der Waals surface area (Å²) in [6.07, 6.45) is 2.96. The molecule has 27 heavy (non-hydrogen) atoms. The normalized spacial score (nSPS) is 25.4. The van der Waals surface area contributed by atoms with Crippen LogP contribution < -0.4 is 4.90 Å². The number of hydrogen-bond donors (Lipinski definition) is 0. The minimum absolute atomic E-state index is 0.0693. The lowest BCUT2D eigenvalue weighted by Gasteiger charge is -2.43. The van der Waals surface area contributed by atoms with Gasteiger partial charge in [0.25, 0.3) is 10.2 Å². The molecule has 1 aromatic rings. The van der Waals surface area contributed by atoms with E-state index >= 15 is 0 Å². The first-order valence-corrected chi connectivity index (χ1v) is 11.0. The number of nitrogens with zero attached hydrogens (tertiary/aromatic N) is 3. The lowest BCUT2D eigenvalue weighted by atomic mass is 10.1. The fraction of sp³-hybridized carbons (Fsp3) is 0.632. The van der Waals surface area contributed by atoms with E-state index in [9.17, 15) is 13.2 Å². The summed E-state index contributed by atoms with van der Waals surface area (Å²) in [5.74, 6) is -0.360. The highest BCUT2D eigenvalue weighted by Gasteiger charge is 2.39. The molecular weight excluding hydrogens is 366 g/mol. The van der Waals surface area contributed by atoms with E-state index in [-0.39, 0.29) is 18.1 Å². The maximum atomic E-state index is 13.1. The van der Waals surface area contributed by atoms with Crippen molar-refractivity contribution in [2.24, 2.45) is 0 Å². The van der Waals surface area contributed by atoms with Crippen molar-refractivity contribution in [3.8, 4) is 0 Å². The lowest BCUT2D eigenvalue weighted by molar-refractivity contribution is 0.0600. The van der Waals surface area contributed by atoms with Crippen LogP contribution >= 0.6 is 0 Å². The number of methoxy groups -OCH3 is 1. The van der Waals surface area contributed by atoms with Gasteiger partial charge in [-0.3, -0.25) is 0 Å². The van der Waals surface area contributed by atoms with Crippen molar-refractivity contribution in [3.63, 3.8) is 0 Å². The number of piperidine rings is 1. The Morgan fingerprint density at radius 1 is 1.00 bits per heavy atom. The van der Waals surface area contributed by atoms with E-state index in [0.29, 0.717) is 31.7 Å². The van der Waals surface area contributed by atoms with Gasteiger partial charge in [0, 0.05) is 44.0 Å². The van der Waals surface area contributed by atoms with Gasteiger partial charge in [0.15, 0.2) is 0 Å². The van der Waals surface area contributed by atoms with E-state index in [1.165, 1.54) is 7.11 Å². The summed E-state index contributed by atoms with van der Waals surface area (Å²) in [6.45, 7) is 6.29. The van der Waals surface area contributed by atoms with Gasteiger partial charge in [-0.05, 0) is 51.0 Å². The molecule has 0 aromatic heterocycles. The second-order valence-corrected chi connectivity index (χ2v) is 9.24. The summed E-state index contributed by atoms with van der Waals surface area (Å²) in [4.78, 5) is 13.7. The van der Waals surface area contributed by atoms with Crippen molar-refractivity contribution < 1.29 is 17.9 Å². The zero-order valence-corrected chi connectivity index (χ0v) is 17.1. The molecule has 2 heterocycles. The lowest BCUT2D eigenvalue weighted by Crippen LogP contribution is -2.59. The van der Waals surface area contributed by atoms with Crippen molar-refractivity contribution in [3.05, 3.63) is 29.8 Å². The number of esters is 1. The average Bonchev–Trinajstić information content (AvgIpc) is 2.67. The summed E-state index contributed by atoms with van der Waals surface area (Å²) >= 11 is 0. The van der Waals surface area contributed by atoms with Gasteiger partial charge in [-0.2, -0.15) is 17.0 Å². The summed E-state index contributed by atoms with van der Waals surface area (Å²) in [7, 11) is -2.07. The van der Waals surface area contributed by atoms with E-state index in [4.69, 9.17) is 4.74 Å². The molecule has 0 radical (unpaired) electrons. The van der Waals surface area contributed by atoms with Gasteiger partial charge >= 0.3 is 5.97 Å². The van der Waals surface area contributed by atoms with Crippen LogP contribution in [0.4, 0.5) is 5.69 Å². The van der Waals surface area contributed by atoms with Crippen molar-refractivity contribution in [1.82, 2.24) is 8.61 Å². The molecule has 1 aromatic carbocycles. The topological polar surface area (TPSA) is 70.2 Å². The molecule has 2 aliphatic rings. The fourth-order valence-electron chi connectivity index (χ4n) is 3.99. The predicted molar refractivity (Wildman–Crippen MR) is 105 cm³/mol. The largest absolute Gasteiger partial charge is 0.465 e. The van der Waals surface area contributed by atoms with Crippen LogP contribution in [0.2, 0.25) is 0 Å². The highest BCUT2D eigenvalue weighted by molar-refractivity contribution is 7.86. The molecule has 0 bridgehead atoms. The molecule has 0 amide bonds. The van der Waals surface area contributed by atoms with Crippen LogP contribution in [0.5, 0.6) is 0 Å². The quantitative estimate of drug-likeness (QED) is 0.730. The smallest absolute Gasteiger partial charge is 0.337 e. The third kappa shape index (κ3) is 4.12. The summed E-state index contributed by atoms with van der Waals surface area (Å²) in [5.41, 5.74) is 1.49. The van der Waals surface area contributed by atoms with Gasteiger partial charge in [0.2, 0.25) is 0 Å². The van der Waals surface area contributed by atoms with Crippen LogP contribution in [-0.2, 0) is 14.9 Å². The van der Waals surface area contributed by atoms with E-state index in [1.54, 1.807) is 20.7 Å². The molecule has 2 fully saturated rings.